The number of esters is 1. The van der Waals surface area contributed by atoms with E-state index in [1.807, 2.05) is 0 Å². The molecule has 1 unspecified atom stereocenters. The number of carboxylic acids is 1. The number of carboxylic acid groups (broad SMARTS) is 1. The Kier molecular flexibility index (Phi) is 13.6. The number of carbonyl (C=O) groups excluding carboxylic acids is 3. The average Bonchev–Trinajstić information content (AvgIpc) is 3.10. The first-order chi connectivity index (χ1) is 23.7. The number of aliphatic carboxylic acids is 1. The molecule has 0 radical (unpaired) electrons. The van der Waals surface area contributed by atoms with Crippen molar-refractivity contribution in [1.82, 2.24) is 5.32 Å². The van der Waals surface area contributed by atoms with Gasteiger partial charge in [-0.05, 0) is 84.8 Å². The summed E-state index contributed by atoms with van der Waals surface area (Å²) in [7, 11) is 1.40. The Bertz CT molecular complexity index is 1740. The van der Waals surface area contributed by atoms with Gasteiger partial charge in [-0.3, -0.25) is 9.59 Å². The third kappa shape index (κ3) is 10.8. The van der Waals surface area contributed by atoms with Gasteiger partial charge in [-0.1, -0.05) is 62.4 Å². The largest absolute Gasteiger partial charge is 0.494 e. The minimum atomic E-state index is -1.28. The van der Waals surface area contributed by atoms with Crippen LogP contribution < -0.4 is 24.8 Å². The number of hydrogen-bond donors (Lipinski definition) is 3. The molecule has 1 atom stereocenters. The van der Waals surface area contributed by atoms with Crippen LogP contribution in [0.4, 0.5) is 5.69 Å². The smallest absolute Gasteiger partial charge is 0.343 e. The van der Waals surface area contributed by atoms with E-state index in [0.717, 1.165) is 12.8 Å². The van der Waals surface area contributed by atoms with Gasteiger partial charge >= 0.3 is 11.9 Å². The molecule has 4 aromatic carbocycles. The molecule has 2 amide bonds. The third-order valence-electron chi connectivity index (χ3n) is 7.60. The van der Waals surface area contributed by atoms with Gasteiger partial charge in [-0.2, -0.15) is 0 Å². The number of carbonyl (C=O) groups is 4. The van der Waals surface area contributed by atoms with E-state index in [1.165, 1.54) is 56.7 Å². The third-order valence-corrected chi connectivity index (χ3v) is 7.93. The summed E-state index contributed by atoms with van der Waals surface area (Å²) in [5.41, 5.74) is 1.78. The van der Waals surface area contributed by atoms with Crippen molar-refractivity contribution in [3.05, 3.63) is 118 Å². The molecule has 10 nitrogen and oxygen atoms in total. The van der Waals surface area contributed by atoms with Crippen LogP contribution in [-0.4, -0.2) is 48.6 Å². The van der Waals surface area contributed by atoms with Gasteiger partial charge in [0, 0.05) is 17.7 Å². The minimum absolute atomic E-state index is 0.0717. The van der Waals surface area contributed by atoms with Crippen molar-refractivity contribution in [2.45, 2.75) is 51.5 Å². The first-order valence-corrected chi connectivity index (χ1v) is 16.4. The van der Waals surface area contributed by atoms with E-state index in [1.54, 1.807) is 60.7 Å². The number of benzene rings is 4. The number of halogens is 1. The quantitative estimate of drug-likeness (QED) is 0.0586. The summed E-state index contributed by atoms with van der Waals surface area (Å²) in [5.74, 6) is -1.81. The molecule has 0 saturated carbocycles. The summed E-state index contributed by atoms with van der Waals surface area (Å²) in [6, 6.07) is 22.7. The molecule has 0 heterocycles. The Morgan fingerprint density at radius 2 is 1.49 bits per heavy atom. The lowest BCUT2D eigenvalue weighted by Gasteiger charge is -2.16. The molecular weight excluding hydrogens is 648 g/mol. The highest BCUT2D eigenvalue weighted by molar-refractivity contribution is 6.34. The van der Waals surface area contributed by atoms with E-state index in [0.29, 0.717) is 39.8 Å². The predicted molar refractivity (Wildman–Crippen MR) is 187 cm³/mol. The molecule has 4 rings (SSSR count). The Hall–Kier alpha value is -5.35. The summed E-state index contributed by atoms with van der Waals surface area (Å²) >= 11 is 6.09. The highest BCUT2D eigenvalue weighted by Gasteiger charge is 2.23. The second-order valence-electron chi connectivity index (χ2n) is 11.2. The summed E-state index contributed by atoms with van der Waals surface area (Å²) in [6.07, 6.45) is 5.63. The number of rotatable bonds is 17. The van der Waals surface area contributed by atoms with Gasteiger partial charge in [-0.25, -0.2) is 9.59 Å². The van der Waals surface area contributed by atoms with Crippen molar-refractivity contribution in [2.75, 3.05) is 19.0 Å². The van der Waals surface area contributed by atoms with Crippen LogP contribution in [-0.2, 0) is 11.2 Å². The van der Waals surface area contributed by atoms with Crippen molar-refractivity contribution in [2.24, 2.45) is 0 Å². The second-order valence-corrected chi connectivity index (χ2v) is 11.6. The lowest BCUT2D eigenvalue weighted by Crippen LogP contribution is -2.42. The van der Waals surface area contributed by atoms with Gasteiger partial charge in [-0.15, -0.1) is 0 Å². The van der Waals surface area contributed by atoms with E-state index >= 15 is 0 Å². The van der Waals surface area contributed by atoms with Gasteiger partial charge in [0.2, 0.25) is 0 Å². The summed E-state index contributed by atoms with van der Waals surface area (Å²) in [5, 5.41) is 15.4. The first kappa shape index (κ1) is 36.5. The zero-order chi connectivity index (χ0) is 35.2. The van der Waals surface area contributed by atoms with Gasteiger partial charge in [0.15, 0.2) is 11.5 Å². The second kappa shape index (κ2) is 18.3. The van der Waals surface area contributed by atoms with E-state index in [4.69, 9.17) is 25.8 Å². The molecule has 0 aliphatic rings. The lowest BCUT2D eigenvalue weighted by atomic mass is 10.0. The summed E-state index contributed by atoms with van der Waals surface area (Å²) < 4.78 is 16.8. The van der Waals surface area contributed by atoms with Gasteiger partial charge in [0.25, 0.3) is 11.8 Å². The summed E-state index contributed by atoms with van der Waals surface area (Å²) in [6.45, 7) is 2.79. The van der Waals surface area contributed by atoms with Crippen LogP contribution in [0.2, 0.25) is 5.02 Å². The van der Waals surface area contributed by atoms with Crippen LogP contribution in [0.3, 0.4) is 0 Å². The molecule has 0 aliphatic carbocycles. The number of methoxy groups -OCH3 is 1. The van der Waals surface area contributed by atoms with Gasteiger partial charge < -0.3 is 30.0 Å². The Morgan fingerprint density at radius 3 is 2.16 bits per heavy atom. The van der Waals surface area contributed by atoms with Crippen LogP contribution in [0.15, 0.2) is 91.0 Å². The zero-order valence-electron chi connectivity index (χ0n) is 27.4. The predicted octanol–water partition coefficient (Wildman–Crippen LogP) is 7.60. The van der Waals surface area contributed by atoms with Crippen molar-refractivity contribution in [3.8, 4) is 17.2 Å². The summed E-state index contributed by atoms with van der Waals surface area (Å²) in [4.78, 5) is 50.4. The molecule has 0 bridgehead atoms. The number of hydrogen-bond acceptors (Lipinski definition) is 7. The van der Waals surface area contributed by atoms with Crippen molar-refractivity contribution in [3.63, 3.8) is 0 Å². The van der Waals surface area contributed by atoms with E-state index in [2.05, 4.69) is 17.6 Å². The minimum Gasteiger partial charge on any atom is -0.494 e. The Balaban J connectivity index is 1.32. The van der Waals surface area contributed by atoms with E-state index < -0.39 is 29.8 Å². The van der Waals surface area contributed by atoms with E-state index in [-0.39, 0.29) is 23.5 Å². The number of unbranched alkanes of at least 4 members (excludes halogenated alkanes) is 4. The molecule has 11 heteroatoms. The number of nitrogens with one attached hydrogen (secondary N) is 2. The SMILES string of the molecule is CCCCCCCOc1ccc(C(=O)Oc2ccc(CC(NC(=O)c3ccc(NC(=O)c4ccccc4Cl)cc3)C(=O)O)cc2OC)cc1. The highest BCUT2D eigenvalue weighted by atomic mass is 35.5. The number of anilines is 1. The standard InChI is InChI=1S/C38H39ClN2O8/c1-3-4-5-6-9-22-48-29-19-15-27(16-20-29)38(46)49-33-21-12-25(24-34(33)47-2)23-32(37(44)45)41-35(42)26-13-17-28(18-14-26)40-36(43)30-10-7-8-11-31(30)39/h7-8,10-21,24,32H,3-6,9,22-23H2,1-2H3,(H,40,43)(H,41,42)(H,44,45). The van der Waals surface area contributed by atoms with Crippen molar-refractivity contribution >= 4 is 41.0 Å². The fourth-order valence-corrected chi connectivity index (χ4v) is 5.11. The molecule has 256 valence electrons. The normalized spacial score (nSPS) is 11.2. The highest BCUT2D eigenvalue weighted by Crippen LogP contribution is 2.30. The molecule has 4 aromatic rings. The fraction of sp³-hybridized carbons (Fsp3) is 0.263. The van der Waals surface area contributed by atoms with Gasteiger partial charge in [0.05, 0.1) is 29.9 Å². The van der Waals surface area contributed by atoms with Crippen molar-refractivity contribution < 1.29 is 38.5 Å². The first-order valence-electron chi connectivity index (χ1n) is 16.0. The Labute approximate surface area is 290 Å². The van der Waals surface area contributed by atoms with Crippen LogP contribution >= 0.6 is 11.6 Å². The van der Waals surface area contributed by atoms with Crippen LogP contribution in [0.5, 0.6) is 17.2 Å². The maximum atomic E-state index is 12.9. The maximum absolute atomic E-state index is 12.9. The Morgan fingerprint density at radius 1 is 0.796 bits per heavy atom. The molecule has 0 aromatic heterocycles. The van der Waals surface area contributed by atoms with Gasteiger partial charge in [0.1, 0.15) is 11.8 Å². The molecule has 3 N–H and O–H groups in total. The topological polar surface area (TPSA) is 140 Å². The van der Waals surface area contributed by atoms with Crippen molar-refractivity contribution in [1.29, 1.82) is 0 Å². The monoisotopic (exact) mass is 686 g/mol. The molecule has 0 fully saturated rings. The number of amides is 2. The lowest BCUT2D eigenvalue weighted by molar-refractivity contribution is -0.139. The van der Waals surface area contributed by atoms with Crippen LogP contribution in [0.25, 0.3) is 0 Å². The van der Waals surface area contributed by atoms with E-state index in [9.17, 15) is 24.3 Å². The number of ether oxygens (including phenoxy) is 3. The molecule has 0 aliphatic heterocycles. The fourth-order valence-electron chi connectivity index (χ4n) is 4.89. The zero-order valence-corrected chi connectivity index (χ0v) is 28.1. The van der Waals surface area contributed by atoms with Crippen LogP contribution in [0, 0.1) is 0 Å². The molecule has 0 saturated heterocycles. The molecule has 0 spiro atoms. The van der Waals surface area contributed by atoms with Crippen LogP contribution in [0.1, 0.15) is 75.7 Å². The average molecular weight is 687 g/mol. The molecule has 49 heavy (non-hydrogen) atoms. The molecular formula is C38H39ClN2O8. The maximum Gasteiger partial charge on any atom is 0.343 e.